The van der Waals surface area contributed by atoms with Gasteiger partial charge in [-0.3, -0.25) is 4.79 Å². The number of benzene rings is 2. The summed E-state index contributed by atoms with van der Waals surface area (Å²) in [7, 11) is 0. The normalized spacial score (nSPS) is 10.2. The minimum absolute atomic E-state index is 0.128. The Morgan fingerprint density at radius 3 is 2.41 bits per heavy atom. The SMILES string of the molecule is CSc1cccc(C(=O)c2ccccc2)c1F. The number of hydrogen-bond acceptors (Lipinski definition) is 2. The third-order valence-corrected chi connectivity index (χ3v) is 3.22. The molecule has 2 aromatic carbocycles. The van der Waals surface area contributed by atoms with Crippen LogP contribution in [0.2, 0.25) is 0 Å². The topological polar surface area (TPSA) is 17.1 Å². The van der Waals surface area contributed by atoms with Crippen LogP contribution in [0.15, 0.2) is 53.4 Å². The van der Waals surface area contributed by atoms with Gasteiger partial charge in [-0.25, -0.2) is 4.39 Å². The first-order chi connectivity index (χ1) is 8.24. The standard InChI is InChI=1S/C14H11FOS/c1-17-12-9-5-8-11(13(12)15)14(16)10-6-3-2-4-7-10/h2-9H,1H3. The Labute approximate surface area is 104 Å². The molecule has 17 heavy (non-hydrogen) atoms. The van der Waals surface area contributed by atoms with Gasteiger partial charge in [-0.2, -0.15) is 0 Å². The fourth-order valence-electron chi connectivity index (χ4n) is 1.59. The first-order valence-electron chi connectivity index (χ1n) is 5.16. The average molecular weight is 246 g/mol. The molecule has 0 aromatic heterocycles. The Kier molecular flexibility index (Phi) is 3.59. The molecule has 0 heterocycles. The van der Waals surface area contributed by atoms with E-state index >= 15 is 0 Å². The average Bonchev–Trinajstić information content (AvgIpc) is 2.39. The maximum Gasteiger partial charge on any atom is 0.196 e. The summed E-state index contributed by atoms with van der Waals surface area (Å²) in [6.45, 7) is 0. The van der Waals surface area contributed by atoms with Crippen LogP contribution in [0.3, 0.4) is 0 Å². The molecule has 0 saturated carbocycles. The Bertz CT molecular complexity index is 537. The monoisotopic (exact) mass is 246 g/mol. The summed E-state index contributed by atoms with van der Waals surface area (Å²) in [4.78, 5) is 12.6. The second kappa shape index (κ2) is 5.15. The van der Waals surface area contributed by atoms with Gasteiger partial charge in [0.05, 0.1) is 5.56 Å². The lowest BCUT2D eigenvalue weighted by Gasteiger charge is -2.05. The van der Waals surface area contributed by atoms with Gasteiger partial charge in [-0.05, 0) is 18.4 Å². The van der Waals surface area contributed by atoms with Crippen molar-refractivity contribution >= 4 is 17.5 Å². The summed E-state index contributed by atoms with van der Waals surface area (Å²) in [6.07, 6.45) is 1.79. The highest BCUT2D eigenvalue weighted by Gasteiger charge is 2.15. The molecule has 0 fully saturated rings. The lowest BCUT2D eigenvalue weighted by atomic mass is 10.0. The van der Waals surface area contributed by atoms with Crippen LogP contribution >= 0.6 is 11.8 Å². The van der Waals surface area contributed by atoms with E-state index in [0.717, 1.165) is 0 Å². The summed E-state index contributed by atoms with van der Waals surface area (Å²) in [5.41, 5.74) is 0.632. The van der Waals surface area contributed by atoms with Crippen LogP contribution in [-0.2, 0) is 0 Å². The van der Waals surface area contributed by atoms with Gasteiger partial charge in [0.1, 0.15) is 5.82 Å². The number of thioether (sulfide) groups is 1. The number of ketones is 1. The Morgan fingerprint density at radius 1 is 1.06 bits per heavy atom. The maximum absolute atomic E-state index is 14.0. The van der Waals surface area contributed by atoms with E-state index in [4.69, 9.17) is 0 Å². The van der Waals surface area contributed by atoms with Gasteiger partial charge in [0.2, 0.25) is 0 Å². The lowest BCUT2D eigenvalue weighted by molar-refractivity contribution is 0.103. The van der Waals surface area contributed by atoms with Crippen molar-refractivity contribution in [2.45, 2.75) is 4.90 Å². The minimum Gasteiger partial charge on any atom is -0.288 e. The minimum atomic E-state index is -0.436. The molecule has 0 unspecified atom stereocenters. The molecule has 86 valence electrons. The summed E-state index contributed by atoms with van der Waals surface area (Å²) < 4.78 is 14.0. The van der Waals surface area contributed by atoms with Gasteiger partial charge in [0.25, 0.3) is 0 Å². The molecule has 3 heteroatoms. The van der Waals surface area contributed by atoms with E-state index in [2.05, 4.69) is 0 Å². The molecule has 2 rings (SSSR count). The van der Waals surface area contributed by atoms with Crippen LogP contribution in [0.4, 0.5) is 4.39 Å². The number of halogens is 1. The molecule has 0 N–H and O–H groups in total. The first-order valence-corrected chi connectivity index (χ1v) is 6.38. The third kappa shape index (κ3) is 2.39. The lowest BCUT2D eigenvalue weighted by Crippen LogP contribution is -2.04. The molecule has 2 aromatic rings. The van der Waals surface area contributed by atoms with Gasteiger partial charge in [0, 0.05) is 10.5 Å². The molecule has 0 aliphatic rings. The number of rotatable bonds is 3. The molecule has 0 spiro atoms. The summed E-state index contributed by atoms with van der Waals surface area (Å²) in [5.74, 6) is -0.715. The quantitative estimate of drug-likeness (QED) is 0.605. The van der Waals surface area contributed by atoms with E-state index in [1.54, 1.807) is 42.7 Å². The van der Waals surface area contributed by atoms with Gasteiger partial charge < -0.3 is 0 Å². The highest BCUT2D eigenvalue weighted by Crippen LogP contribution is 2.23. The maximum atomic E-state index is 14.0. The summed E-state index contributed by atoms with van der Waals surface area (Å²) in [6, 6.07) is 13.6. The highest BCUT2D eigenvalue weighted by atomic mass is 32.2. The Balaban J connectivity index is 2.45. The van der Waals surface area contributed by atoms with Crippen molar-refractivity contribution in [1.82, 2.24) is 0 Å². The van der Waals surface area contributed by atoms with E-state index in [1.807, 2.05) is 6.07 Å². The van der Waals surface area contributed by atoms with Crippen molar-refractivity contribution < 1.29 is 9.18 Å². The summed E-state index contributed by atoms with van der Waals surface area (Å²) in [5, 5.41) is 0. The smallest absolute Gasteiger partial charge is 0.196 e. The van der Waals surface area contributed by atoms with E-state index in [1.165, 1.54) is 17.8 Å². The molecule has 0 amide bonds. The van der Waals surface area contributed by atoms with Gasteiger partial charge >= 0.3 is 0 Å². The molecular formula is C14H11FOS. The molecular weight excluding hydrogens is 235 g/mol. The van der Waals surface area contributed by atoms with Crippen LogP contribution in [0.5, 0.6) is 0 Å². The largest absolute Gasteiger partial charge is 0.288 e. The van der Waals surface area contributed by atoms with Crippen molar-refractivity contribution in [2.75, 3.05) is 6.26 Å². The molecule has 0 aliphatic carbocycles. The predicted octanol–water partition coefficient (Wildman–Crippen LogP) is 3.78. The fourth-order valence-corrected chi connectivity index (χ4v) is 2.09. The van der Waals surface area contributed by atoms with E-state index < -0.39 is 5.82 Å². The van der Waals surface area contributed by atoms with Crippen LogP contribution in [-0.4, -0.2) is 12.0 Å². The van der Waals surface area contributed by atoms with Crippen LogP contribution in [0.25, 0.3) is 0 Å². The van der Waals surface area contributed by atoms with Gasteiger partial charge in [0.15, 0.2) is 5.78 Å². The molecule has 0 atom stereocenters. The summed E-state index contributed by atoms with van der Waals surface area (Å²) >= 11 is 1.29. The van der Waals surface area contributed by atoms with Crippen molar-refractivity contribution in [2.24, 2.45) is 0 Å². The van der Waals surface area contributed by atoms with Gasteiger partial charge in [-0.15, -0.1) is 11.8 Å². The van der Waals surface area contributed by atoms with Crippen molar-refractivity contribution in [3.05, 3.63) is 65.5 Å². The number of carbonyl (C=O) groups is 1. The van der Waals surface area contributed by atoms with Crippen LogP contribution in [0, 0.1) is 5.82 Å². The van der Waals surface area contributed by atoms with E-state index in [0.29, 0.717) is 10.5 Å². The first kappa shape index (κ1) is 11.9. The van der Waals surface area contributed by atoms with Crippen molar-refractivity contribution in [1.29, 1.82) is 0 Å². The molecule has 0 aliphatic heterocycles. The van der Waals surface area contributed by atoms with Gasteiger partial charge in [-0.1, -0.05) is 36.4 Å². The second-order valence-corrected chi connectivity index (χ2v) is 4.37. The molecule has 0 saturated heterocycles. The molecule has 1 nitrogen and oxygen atoms in total. The zero-order chi connectivity index (χ0) is 12.3. The zero-order valence-electron chi connectivity index (χ0n) is 9.31. The van der Waals surface area contributed by atoms with Crippen LogP contribution < -0.4 is 0 Å². The van der Waals surface area contributed by atoms with Crippen molar-refractivity contribution in [3.8, 4) is 0 Å². The Hall–Kier alpha value is -1.61. The number of carbonyl (C=O) groups excluding carboxylic acids is 1. The van der Waals surface area contributed by atoms with E-state index in [9.17, 15) is 9.18 Å². The predicted molar refractivity (Wildman–Crippen MR) is 68.1 cm³/mol. The van der Waals surface area contributed by atoms with Crippen LogP contribution in [0.1, 0.15) is 15.9 Å². The Morgan fingerprint density at radius 2 is 1.76 bits per heavy atom. The molecule has 0 radical (unpaired) electrons. The zero-order valence-corrected chi connectivity index (χ0v) is 10.1. The third-order valence-electron chi connectivity index (χ3n) is 2.46. The number of hydrogen-bond donors (Lipinski definition) is 0. The highest BCUT2D eigenvalue weighted by molar-refractivity contribution is 7.98. The fraction of sp³-hybridized carbons (Fsp3) is 0.0714. The van der Waals surface area contributed by atoms with E-state index in [-0.39, 0.29) is 11.3 Å². The molecule has 0 bridgehead atoms. The van der Waals surface area contributed by atoms with Crippen molar-refractivity contribution in [3.63, 3.8) is 0 Å². The second-order valence-electron chi connectivity index (χ2n) is 3.52.